The Labute approximate surface area is 148 Å². The van der Waals surface area contributed by atoms with Gasteiger partial charge in [-0.3, -0.25) is 0 Å². The second-order valence-electron chi connectivity index (χ2n) is 5.59. The molecule has 0 bridgehead atoms. The fraction of sp³-hybridized carbons (Fsp3) is 0.200. The molecule has 0 spiro atoms. The quantitative estimate of drug-likeness (QED) is 0.670. The number of para-hydroxylation sites is 2. The molecule has 0 aliphatic carbocycles. The molecule has 0 atom stereocenters. The molecule has 0 saturated heterocycles. The fourth-order valence-corrected chi connectivity index (χ4v) is 2.65. The molecule has 2 N–H and O–H groups in total. The summed E-state index contributed by atoms with van der Waals surface area (Å²) >= 11 is 0. The van der Waals surface area contributed by atoms with Crippen LogP contribution in [0.4, 0.5) is 17.3 Å². The highest BCUT2D eigenvalue weighted by molar-refractivity contribution is 5.62. The van der Waals surface area contributed by atoms with Crippen molar-refractivity contribution in [3.63, 3.8) is 0 Å². The van der Waals surface area contributed by atoms with Gasteiger partial charge in [-0.15, -0.1) is 0 Å². The summed E-state index contributed by atoms with van der Waals surface area (Å²) in [6.45, 7) is 2.77. The topological polar surface area (TPSA) is 59.1 Å². The van der Waals surface area contributed by atoms with Crippen LogP contribution in [0.5, 0.6) is 5.75 Å². The Morgan fingerprint density at radius 1 is 0.920 bits per heavy atom. The molecule has 128 valence electrons. The zero-order valence-electron chi connectivity index (χ0n) is 14.5. The Hall–Kier alpha value is -3.08. The van der Waals surface area contributed by atoms with Crippen LogP contribution in [0.3, 0.4) is 0 Å². The molecule has 3 aromatic rings. The summed E-state index contributed by atoms with van der Waals surface area (Å²) in [4.78, 5) is 8.60. The molecule has 0 aliphatic rings. The van der Waals surface area contributed by atoms with Crippen molar-refractivity contribution >= 4 is 17.3 Å². The second kappa shape index (κ2) is 8.15. The zero-order chi connectivity index (χ0) is 17.5. The van der Waals surface area contributed by atoms with Gasteiger partial charge in [0.2, 0.25) is 0 Å². The molecule has 3 rings (SSSR count). The van der Waals surface area contributed by atoms with Crippen LogP contribution in [0.2, 0.25) is 0 Å². The summed E-state index contributed by atoms with van der Waals surface area (Å²) in [5.41, 5.74) is 3.40. The van der Waals surface area contributed by atoms with Gasteiger partial charge in [-0.25, -0.2) is 9.97 Å². The summed E-state index contributed by atoms with van der Waals surface area (Å²) in [7, 11) is 1.68. The van der Waals surface area contributed by atoms with Crippen LogP contribution in [0, 0.1) is 0 Å². The molecular formula is C20H22N4O. The SMILES string of the molecule is CCc1ccccc1Nc1cc(NCc2ccccc2OC)ncn1. The summed E-state index contributed by atoms with van der Waals surface area (Å²) < 4.78 is 5.38. The van der Waals surface area contributed by atoms with E-state index in [0.717, 1.165) is 35.1 Å². The van der Waals surface area contributed by atoms with E-state index in [9.17, 15) is 0 Å². The number of aryl methyl sites for hydroxylation is 1. The Bertz CT molecular complexity index is 835. The minimum Gasteiger partial charge on any atom is -0.496 e. The third-order valence-corrected chi connectivity index (χ3v) is 3.98. The first-order chi connectivity index (χ1) is 12.3. The van der Waals surface area contributed by atoms with Gasteiger partial charge in [0.1, 0.15) is 23.7 Å². The van der Waals surface area contributed by atoms with Gasteiger partial charge in [0, 0.05) is 23.9 Å². The lowest BCUT2D eigenvalue weighted by Gasteiger charge is -2.12. The number of nitrogens with zero attached hydrogens (tertiary/aromatic N) is 2. The minimum absolute atomic E-state index is 0.631. The lowest BCUT2D eigenvalue weighted by Crippen LogP contribution is -2.04. The van der Waals surface area contributed by atoms with Crippen molar-refractivity contribution in [1.82, 2.24) is 9.97 Å². The molecule has 2 aromatic carbocycles. The van der Waals surface area contributed by atoms with Gasteiger partial charge in [0.15, 0.2) is 0 Å². The standard InChI is InChI=1S/C20H22N4O/c1-3-15-8-4-6-10-17(15)24-20-12-19(22-14-23-20)21-13-16-9-5-7-11-18(16)25-2/h4-12,14H,3,13H2,1-2H3,(H2,21,22,23,24). The first-order valence-corrected chi connectivity index (χ1v) is 8.33. The molecule has 0 aliphatic heterocycles. The van der Waals surface area contributed by atoms with Gasteiger partial charge in [-0.2, -0.15) is 0 Å². The predicted octanol–water partition coefficient (Wildman–Crippen LogP) is 4.40. The maximum absolute atomic E-state index is 5.38. The molecule has 0 unspecified atom stereocenters. The van der Waals surface area contributed by atoms with E-state index in [1.54, 1.807) is 13.4 Å². The largest absolute Gasteiger partial charge is 0.496 e. The second-order valence-corrected chi connectivity index (χ2v) is 5.59. The predicted molar refractivity (Wildman–Crippen MR) is 101 cm³/mol. The van der Waals surface area contributed by atoms with E-state index in [4.69, 9.17) is 4.74 Å². The van der Waals surface area contributed by atoms with E-state index in [1.807, 2.05) is 42.5 Å². The van der Waals surface area contributed by atoms with Gasteiger partial charge < -0.3 is 15.4 Å². The van der Waals surface area contributed by atoms with Crippen LogP contribution in [-0.2, 0) is 13.0 Å². The summed E-state index contributed by atoms with van der Waals surface area (Å²) in [5, 5.41) is 6.69. The maximum atomic E-state index is 5.38. The van der Waals surface area contributed by atoms with E-state index < -0.39 is 0 Å². The van der Waals surface area contributed by atoms with Crippen molar-refractivity contribution in [2.75, 3.05) is 17.7 Å². The summed E-state index contributed by atoms with van der Waals surface area (Å²) in [5.74, 6) is 2.38. The average molecular weight is 334 g/mol. The number of aromatic nitrogens is 2. The first-order valence-electron chi connectivity index (χ1n) is 8.33. The Balaban J connectivity index is 1.71. The van der Waals surface area contributed by atoms with Gasteiger partial charge in [-0.05, 0) is 24.1 Å². The smallest absolute Gasteiger partial charge is 0.135 e. The minimum atomic E-state index is 0.631. The summed E-state index contributed by atoms with van der Waals surface area (Å²) in [6, 6.07) is 18.1. The van der Waals surface area contributed by atoms with Crippen LogP contribution < -0.4 is 15.4 Å². The number of hydrogen-bond acceptors (Lipinski definition) is 5. The first kappa shape index (κ1) is 16.8. The van der Waals surface area contributed by atoms with Crippen molar-refractivity contribution in [3.05, 3.63) is 72.1 Å². The highest BCUT2D eigenvalue weighted by Crippen LogP contribution is 2.22. The molecule has 0 radical (unpaired) electrons. The van der Waals surface area contributed by atoms with Crippen molar-refractivity contribution < 1.29 is 4.74 Å². The number of rotatable bonds is 7. The Morgan fingerprint density at radius 2 is 1.64 bits per heavy atom. The molecule has 0 saturated carbocycles. The number of nitrogens with one attached hydrogen (secondary N) is 2. The molecule has 5 nitrogen and oxygen atoms in total. The van der Waals surface area contributed by atoms with E-state index >= 15 is 0 Å². The Kier molecular flexibility index (Phi) is 5.46. The number of methoxy groups -OCH3 is 1. The number of hydrogen-bond donors (Lipinski definition) is 2. The van der Waals surface area contributed by atoms with Crippen molar-refractivity contribution in [3.8, 4) is 5.75 Å². The maximum Gasteiger partial charge on any atom is 0.135 e. The van der Waals surface area contributed by atoms with Crippen LogP contribution in [0.25, 0.3) is 0 Å². The zero-order valence-corrected chi connectivity index (χ0v) is 14.5. The monoisotopic (exact) mass is 334 g/mol. The van der Waals surface area contributed by atoms with Gasteiger partial charge in [-0.1, -0.05) is 43.3 Å². The average Bonchev–Trinajstić information content (AvgIpc) is 2.67. The molecule has 1 aromatic heterocycles. The van der Waals surface area contributed by atoms with E-state index in [1.165, 1.54) is 5.56 Å². The fourth-order valence-electron chi connectivity index (χ4n) is 2.65. The molecule has 0 amide bonds. The van der Waals surface area contributed by atoms with Gasteiger partial charge in [0.25, 0.3) is 0 Å². The van der Waals surface area contributed by atoms with E-state index in [0.29, 0.717) is 6.54 Å². The van der Waals surface area contributed by atoms with Gasteiger partial charge in [0.05, 0.1) is 7.11 Å². The normalized spacial score (nSPS) is 10.3. The molecule has 0 fully saturated rings. The van der Waals surface area contributed by atoms with Crippen LogP contribution in [-0.4, -0.2) is 17.1 Å². The van der Waals surface area contributed by atoms with Crippen LogP contribution in [0.1, 0.15) is 18.1 Å². The lowest BCUT2D eigenvalue weighted by molar-refractivity contribution is 0.410. The number of anilines is 3. The molecular weight excluding hydrogens is 312 g/mol. The third-order valence-electron chi connectivity index (χ3n) is 3.98. The summed E-state index contributed by atoms with van der Waals surface area (Å²) in [6.07, 6.45) is 2.52. The van der Waals surface area contributed by atoms with Crippen molar-refractivity contribution in [1.29, 1.82) is 0 Å². The molecule has 1 heterocycles. The third kappa shape index (κ3) is 4.26. The number of benzene rings is 2. The highest BCUT2D eigenvalue weighted by atomic mass is 16.5. The molecule has 25 heavy (non-hydrogen) atoms. The highest BCUT2D eigenvalue weighted by Gasteiger charge is 2.05. The number of ether oxygens (including phenoxy) is 1. The van der Waals surface area contributed by atoms with Gasteiger partial charge >= 0.3 is 0 Å². The van der Waals surface area contributed by atoms with Crippen LogP contribution in [0.15, 0.2) is 60.9 Å². The van der Waals surface area contributed by atoms with E-state index in [-0.39, 0.29) is 0 Å². The van der Waals surface area contributed by atoms with Crippen molar-refractivity contribution in [2.24, 2.45) is 0 Å². The Morgan fingerprint density at radius 3 is 2.44 bits per heavy atom. The van der Waals surface area contributed by atoms with E-state index in [2.05, 4.69) is 39.7 Å². The van der Waals surface area contributed by atoms with Crippen molar-refractivity contribution in [2.45, 2.75) is 19.9 Å². The lowest BCUT2D eigenvalue weighted by atomic mass is 10.1. The molecule has 5 heteroatoms. The van der Waals surface area contributed by atoms with Crippen LogP contribution >= 0.6 is 0 Å².